The summed E-state index contributed by atoms with van der Waals surface area (Å²) in [5, 5.41) is 18.4. The van der Waals surface area contributed by atoms with Crippen LogP contribution in [0, 0.1) is 12.7 Å². The van der Waals surface area contributed by atoms with Gasteiger partial charge in [-0.25, -0.2) is 4.39 Å². The summed E-state index contributed by atoms with van der Waals surface area (Å²) in [4.78, 5) is 0. The Morgan fingerprint density at radius 3 is 2.36 bits per heavy atom. The van der Waals surface area contributed by atoms with Crippen LogP contribution in [0.2, 0.25) is 0 Å². The highest BCUT2D eigenvalue weighted by Gasteiger charge is 2.21. The van der Waals surface area contributed by atoms with Crippen LogP contribution in [0.3, 0.4) is 0 Å². The zero-order valence-electron chi connectivity index (χ0n) is 8.63. The molecule has 0 saturated heterocycles. The van der Waals surface area contributed by atoms with Crippen molar-refractivity contribution in [2.45, 2.75) is 26.2 Å². The molecule has 2 N–H and O–H groups in total. The highest BCUT2D eigenvalue weighted by Crippen LogP contribution is 2.29. The number of phenols is 1. The van der Waals surface area contributed by atoms with E-state index in [1.54, 1.807) is 13.0 Å². The van der Waals surface area contributed by atoms with Crippen molar-refractivity contribution in [2.75, 3.05) is 6.61 Å². The van der Waals surface area contributed by atoms with E-state index in [1.807, 2.05) is 13.8 Å². The predicted molar refractivity (Wildman–Crippen MR) is 52.9 cm³/mol. The zero-order valence-corrected chi connectivity index (χ0v) is 8.63. The number of aryl methyl sites for hydroxylation is 1. The topological polar surface area (TPSA) is 40.5 Å². The molecular weight excluding hydrogens is 183 g/mol. The first-order valence-electron chi connectivity index (χ1n) is 4.49. The molecule has 1 rings (SSSR count). The smallest absolute Gasteiger partial charge is 0.167 e. The Bertz CT molecular complexity index is 322. The van der Waals surface area contributed by atoms with Crippen molar-refractivity contribution in [1.82, 2.24) is 0 Å². The van der Waals surface area contributed by atoms with E-state index in [1.165, 1.54) is 6.07 Å². The molecule has 0 saturated carbocycles. The number of halogens is 1. The molecule has 0 radical (unpaired) electrons. The molecule has 0 aliphatic rings. The monoisotopic (exact) mass is 198 g/mol. The Kier molecular flexibility index (Phi) is 2.81. The number of aliphatic hydroxyl groups excluding tert-OH is 1. The van der Waals surface area contributed by atoms with E-state index < -0.39 is 11.2 Å². The third-order valence-electron chi connectivity index (χ3n) is 2.41. The van der Waals surface area contributed by atoms with Crippen LogP contribution in [0.15, 0.2) is 12.1 Å². The van der Waals surface area contributed by atoms with Gasteiger partial charge in [-0.2, -0.15) is 0 Å². The minimum Gasteiger partial charge on any atom is -0.505 e. The quantitative estimate of drug-likeness (QED) is 0.764. The van der Waals surface area contributed by atoms with Gasteiger partial charge in [0.05, 0.1) is 6.61 Å². The molecule has 0 spiro atoms. The molecule has 0 fully saturated rings. The molecule has 1 aromatic rings. The first-order chi connectivity index (χ1) is 6.38. The molecule has 3 heteroatoms. The van der Waals surface area contributed by atoms with Gasteiger partial charge in [-0.05, 0) is 24.1 Å². The van der Waals surface area contributed by atoms with E-state index in [9.17, 15) is 9.50 Å². The van der Waals surface area contributed by atoms with Crippen LogP contribution in [0.5, 0.6) is 5.75 Å². The summed E-state index contributed by atoms with van der Waals surface area (Å²) < 4.78 is 13.1. The van der Waals surface area contributed by atoms with Gasteiger partial charge in [0, 0.05) is 5.41 Å². The number of phenolic OH excluding ortho intramolecular Hbond substituents is 1. The molecule has 0 aromatic heterocycles. The van der Waals surface area contributed by atoms with E-state index in [-0.39, 0.29) is 12.4 Å². The summed E-state index contributed by atoms with van der Waals surface area (Å²) in [6.45, 7) is 5.21. The van der Waals surface area contributed by atoms with Crippen molar-refractivity contribution in [3.8, 4) is 5.75 Å². The van der Waals surface area contributed by atoms with Crippen molar-refractivity contribution in [2.24, 2.45) is 0 Å². The summed E-state index contributed by atoms with van der Waals surface area (Å²) in [7, 11) is 0. The average Bonchev–Trinajstić information content (AvgIpc) is 2.13. The van der Waals surface area contributed by atoms with Crippen LogP contribution < -0.4 is 0 Å². The highest BCUT2D eigenvalue weighted by atomic mass is 19.1. The summed E-state index contributed by atoms with van der Waals surface area (Å²) in [5.74, 6) is -0.955. The Hall–Kier alpha value is -1.09. The molecule has 0 heterocycles. The molecule has 0 aliphatic heterocycles. The average molecular weight is 198 g/mol. The van der Waals surface area contributed by atoms with E-state index in [2.05, 4.69) is 0 Å². The van der Waals surface area contributed by atoms with Gasteiger partial charge in [0.25, 0.3) is 0 Å². The molecule has 0 unspecified atom stereocenters. The number of rotatable bonds is 2. The second-order valence-corrected chi connectivity index (χ2v) is 4.17. The Balaban J connectivity index is 3.26. The minimum absolute atomic E-state index is 0.0441. The maximum atomic E-state index is 13.1. The lowest BCUT2D eigenvalue weighted by atomic mass is 9.84. The van der Waals surface area contributed by atoms with Crippen LogP contribution in [0.4, 0.5) is 4.39 Å². The van der Waals surface area contributed by atoms with E-state index in [0.29, 0.717) is 5.56 Å². The van der Waals surface area contributed by atoms with Gasteiger partial charge in [0.1, 0.15) is 0 Å². The summed E-state index contributed by atoms with van der Waals surface area (Å²) in [5.41, 5.74) is 0.661. The molecule has 0 aliphatic carbocycles. The number of aliphatic hydroxyl groups is 1. The molecule has 0 bridgehead atoms. The Morgan fingerprint density at radius 2 is 1.93 bits per heavy atom. The number of aromatic hydroxyl groups is 1. The summed E-state index contributed by atoms with van der Waals surface area (Å²) >= 11 is 0. The maximum absolute atomic E-state index is 13.1. The molecule has 14 heavy (non-hydrogen) atoms. The zero-order chi connectivity index (χ0) is 10.9. The third-order valence-corrected chi connectivity index (χ3v) is 2.41. The van der Waals surface area contributed by atoms with Gasteiger partial charge < -0.3 is 10.2 Å². The van der Waals surface area contributed by atoms with Gasteiger partial charge in [-0.3, -0.25) is 0 Å². The van der Waals surface area contributed by atoms with Gasteiger partial charge in [-0.1, -0.05) is 19.9 Å². The highest BCUT2D eigenvalue weighted by molar-refractivity contribution is 5.38. The predicted octanol–water partition coefficient (Wildman–Crippen LogP) is 2.11. The van der Waals surface area contributed by atoms with Crippen molar-refractivity contribution < 1.29 is 14.6 Å². The normalized spacial score (nSPS) is 11.8. The van der Waals surface area contributed by atoms with Gasteiger partial charge in [0.2, 0.25) is 0 Å². The van der Waals surface area contributed by atoms with Crippen LogP contribution >= 0.6 is 0 Å². The molecule has 78 valence electrons. The van der Waals surface area contributed by atoms with E-state index in [4.69, 9.17) is 5.11 Å². The summed E-state index contributed by atoms with van der Waals surface area (Å²) in [6, 6.07) is 3.00. The molecule has 1 aromatic carbocycles. The Morgan fingerprint density at radius 1 is 1.36 bits per heavy atom. The number of hydrogen-bond donors (Lipinski definition) is 2. The second-order valence-electron chi connectivity index (χ2n) is 4.17. The van der Waals surface area contributed by atoms with Crippen molar-refractivity contribution in [3.63, 3.8) is 0 Å². The standard InChI is InChI=1S/C11H15FO2/c1-7-4-8(11(2,3)6-13)5-9(14)10(7)12/h4-5,13-14H,6H2,1-3H3. The van der Waals surface area contributed by atoms with Crippen molar-refractivity contribution in [1.29, 1.82) is 0 Å². The molecule has 0 atom stereocenters. The van der Waals surface area contributed by atoms with Gasteiger partial charge in [0.15, 0.2) is 11.6 Å². The lowest BCUT2D eigenvalue weighted by Crippen LogP contribution is -2.22. The lowest BCUT2D eigenvalue weighted by molar-refractivity contribution is 0.218. The Labute approximate surface area is 83.0 Å². The lowest BCUT2D eigenvalue weighted by Gasteiger charge is -2.23. The SMILES string of the molecule is Cc1cc(C(C)(C)CO)cc(O)c1F. The van der Waals surface area contributed by atoms with Crippen LogP contribution in [-0.2, 0) is 5.41 Å². The van der Waals surface area contributed by atoms with Crippen molar-refractivity contribution in [3.05, 3.63) is 29.1 Å². The summed E-state index contributed by atoms with van der Waals surface area (Å²) in [6.07, 6.45) is 0. The van der Waals surface area contributed by atoms with Crippen LogP contribution in [0.25, 0.3) is 0 Å². The van der Waals surface area contributed by atoms with E-state index in [0.717, 1.165) is 5.56 Å². The molecular formula is C11H15FO2. The third kappa shape index (κ3) is 1.87. The minimum atomic E-state index is -0.595. The maximum Gasteiger partial charge on any atom is 0.167 e. The van der Waals surface area contributed by atoms with Crippen LogP contribution in [-0.4, -0.2) is 16.8 Å². The van der Waals surface area contributed by atoms with E-state index >= 15 is 0 Å². The fraction of sp³-hybridized carbons (Fsp3) is 0.455. The van der Waals surface area contributed by atoms with Crippen molar-refractivity contribution >= 4 is 0 Å². The number of benzene rings is 1. The second kappa shape index (κ2) is 3.58. The fourth-order valence-electron chi connectivity index (χ4n) is 1.23. The first-order valence-corrected chi connectivity index (χ1v) is 4.49. The number of hydrogen-bond acceptors (Lipinski definition) is 2. The molecule has 2 nitrogen and oxygen atoms in total. The van der Waals surface area contributed by atoms with Gasteiger partial charge in [-0.15, -0.1) is 0 Å². The molecule has 0 amide bonds. The van der Waals surface area contributed by atoms with Crippen LogP contribution in [0.1, 0.15) is 25.0 Å². The van der Waals surface area contributed by atoms with Gasteiger partial charge >= 0.3 is 0 Å². The first kappa shape index (κ1) is 11.0. The fourth-order valence-corrected chi connectivity index (χ4v) is 1.23. The largest absolute Gasteiger partial charge is 0.505 e.